The average Bonchev–Trinajstić information content (AvgIpc) is 3.30. The molecule has 9 heteroatoms. The summed E-state index contributed by atoms with van der Waals surface area (Å²) in [5.41, 5.74) is 1.28. The number of hydrogen-bond acceptors (Lipinski definition) is 6. The zero-order valence-corrected chi connectivity index (χ0v) is 20.6. The fourth-order valence-electron chi connectivity index (χ4n) is 3.71. The zero-order chi connectivity index (χ0) is 24.8. The topological polar surface area (TPSA) is 98.1 Å². The van der Waals surface area contributed by atoms with Gasteiger partial charge >= 0.3 is 0 Å². The normalized spacial score (nSPS) is 11.7. The molecule has 0 unspecified atom stereocenters. The van der Waals surface area contributed by atoms with Gasteiger partial charge in [0.25, 0.3) is 5.91 Å². The third kappa shape index (κ3) is 5.81. The van der Waals surface area contributed by atoms with Crippen molar-refractivity contribution in [2.24, 2.45) is 0 Å². The van der Waals surface area contributed by atoms with Crippen LogP contribution < -0.4 is 15.4 Å². The fraction of sp³-hybridized carbons (Fsp3) is 0.231. The Labute approximate surface area is 208 Å². The molecule has 4 rings (SSSR count). The number of ether oxygens (including phenoxy) is 1. The van der Waals surface area contributed by atoms with Crippen LogP contribution in [0.4, 0.5) is 5.69 Å². The molecule has 1 heterocycles. The van der Waals surface area contributed by atoms with Crippen molar-refractivity contribution in [3.63, 3.8) is 0 Å². The van der Waals surface area contributed by atoms with Crippen molar-refractivity contribution in [2.75, 3.05) is 18.2 Å². The number of benzene rings is 3. The van der Waals surface area contributed by atoms with E-state index < -0.39 is 0 Å². The molecule has 0 aliphatic heterocycles. The summed E-state index contributed by atoms with van der Waals surface area (Å²) >= 11 is 1.31. The molecule has 1 aromatic heterocycles. The average molecular weight is 490 g/mol. The Balaban J connectivity index is 1.37. The Kier molecular flexibility index (Phi) is 7.67. The second kappa shape index (κ2) is 11.1. The lowest BCUT2D eigenvalue weighted by Gasteiger charge is -2.15. The Hall–Kier alpha value is -3.85. The molecule has 0 bridgehead atoms. The number of aromatic nitrogens is 3. The van der Waals surface area contributed by atoms with E-state index in [4.69, 9.17) is 4.74 Å². The third-order valence-electron chi connectivity index (χ3n) is 5.51. The number of rotatable bonds is 9. The summed E-state index contributed by atoms with van der Waals surface area (Å²) in [6.07, 6.45) is 0. The summed E-state index contributed by atoms with van der Waals surface area (Å²) in [6.45, 7) is 4.45. The predicted octanol–water partition coefficient (Wildman–Crippen LogP) is 4.68. The summed E-state index contributed by atoms with van der Waals surface area (Å²) < 4.78 is 7.05. The minimum absolute atomic E-state index is 0.127. The van der Waals surface area contributed by atoms with Gasteiger partial charge in [0.1, 0.15) is 5.75 Å². The minimum atomic E-state index is -0.363. The van der Waals surface area contributed by atoms with E-state index in [0.29, 0.717) is 28.8 Å². The van der Waals surface area contributed by atoms with Gasteiger partial charge in [0.2, 0.25) is 5.91 Å². The second-order valence-electron chi connectivity index (χ2n) is 7.91. The van der Waals surface area contributed by atoms with Crippen molar-refractivity contribution < 1.29 is 14.3 Å². The quantitative estimate of drug-likeness (QED) is 0.331. The molecule has 0 saturated heterocycles. The van der Waals surface area contributed by atoms with E-state index in [1.165, 1.54) is 11.8 Å². The molecule has 3 aromatic carbocycles. The van der Waals surface area contributed by atoms with Crippen LogP contribution >= 0.6 is 11.8 Å². The molecule has 0 fully saturated rings. The SMILES string of the molecule is CCn1c(SCC(=O)Nc2ccc3ccccc3c2)nnc1[C@@H](C)NC(=O)c1ccc(OC)cc1. The lowest BCUT2D eigenvalue weighted by atomic mass is 10.1. The van der Waals surface area contributed by atoms with E-state index in [-0.39, 0.29) is 23.6 Å². The highest BCUT2D eigenvalue weighted by molar-refractivity contribution is 7.99. The molecule has 180 valence electrons. The Morgan fingerprint density at radius 2 is 1.77 bits per heavy atom. The van der Waals surface area contributed by atoms with E-state index in [9.17, 15) is 9.59 Å². The predicted molar refractivity (Wildman–Crippen MR) is 138 cm³/mol. The first kappa shape index (κ1) is 24.3. The molecule has 0 saturated carbocycles. The second-order valence-corrected chi connectivity index (χ2v) is 8.85. The molecule has 0 spiro atoms. The number of nitrogens with one attached hydrogen (secondary N) is 2. The van der Waals surface area contributed by atoms with Gasteiger partial charge in [-0.25, -0.2) is 0 Å². The number of carbonyl (C=O) groups excluding carboxylic acids is 2. The maximum atomic E-state index is 12.6. The summed E-state index contributed by atoms with van der Waals surface area (Å²) in [5.74, 6) is 1.17. The van der Waals surface area contributed by atoms with Crippen LogP contribution in [-0.2, 0) is 11.3 Å². The van der Waals surface area contributed by atoms with Crippen molar-refractivity contribution in [2.45, 2.75) is 31.6 Å². The largest absolute Gasteiger partial charge is 0.497 e. The first-order valence-corrected chi connectivity index (χ1v) is 12.3. The number of hydrogen-bond donors (Lipinski definition) is 2. The lowest BCUT2D eigenvalue weighted by molar-refractivity contribution is -0.113. The van der Waals surface area contributed by atoms with Gasteiger partial charge in [-0.1, -0.05) is 42.1 Å². The van der Waals surface area contributed by atoms with E-state index in [1.54, 1.807) is 31.4 Å². The van der Waals surface area contributed by atoms with Gasteiger partial charge < -0.3 is 19.9 Å². The van der Waals surface area contributed by atoms with E-state index >= 15 is 0 Å². The van der Waals surface area contributed by atoms with Crippen LogP contribution in [0, 0.1) is 0 Å². The molecular formula is C26H27N5O3S. The maximum Gasteiger partial charge on any atom is 0.251 e. The van der Waals surface area contributed by atoms with E-state index in [1.807, 2.05) is 60.9 Å². The maximum absolute atomic E-state index is 12.6. The molecule has 0 aliphatic carbocycles. The highest BCUT2D eigenvalue weighted by atomic mass is 32.2. The Morgan fingerprint density at radius 1 is 1.03 bits per heavy atom. The number of nitrogens with zero attached hydrogens (tertiary/aromatic N) is 3. The van der Waals surface area contributed by atoms with Crippen LogP contribution in [0.5, 0.6) is 5.75 Å². The lowest BCUT2D eigenvalue weighted by Crippen LogP contribution is -2.28. The van der Waals surface area contributed by atoms with Gasteiger partial charge in [-0.05, 0) is 61.0 Å². The Bertz CT molecular complexity index is 1340. The van der Waals surface area contributed by atoms with Crippen LogP contribution in [0.25, 0.3) is 10.8 Å². The van der Waals surface area contributed by atoms with Crippen molar-refractivity contribution in [1.82, 2.24) is 20.1 Å². The van der Waals surface area contributed by atoms with Crippen LogP contribution in [0.15, 0.2) is 71.9 Å². The molecule has 0 aliphatic rings. The highest BCUT2D eigenvalue weighted by Crippen LogP contribution is 2.23. The van der Waals surface area contributed by atoms with Crippen LogP contribution in [-0.4, -0.2) is 39.4 Å². The summed E-state index contributed by atoms with van der Waals surface area (Å²) in [4.78, 5) is 25.2. The van der Waals surface area contributed by atoms with Crippen molar-refractivity contribution in [1.29, 1.82) is 0 Å². The zero-order valence-electron chi connectivity index (χ0n) is 19.8. The van der Waals surface area contributed by atoms with Crippen molar-refractivity contribution in [3.8, 4) is 5.75 Å². The molecular weight excluding hydrogens is 462 g/mol. The molecule has 0 radical (unpaired) electrons. The van der Waals surface area contributed by atoms with E-state index in [2.05, 4.69) is 20.8 Å². The van der Waals surface area contributed by atoms with Crippen molar-refractivity contribution >= 4 is 40.0 Å². The number of methoxy groups -OCH3 is 1. The minimum Gasteiger partial charge on any atom is -0.497 e. The van der Waals surface area contributed by atoms with Gasteiger partial charge in [-0.3, -0.25) is 9.59 Å². The summed E-state index contributed by atoms with van der Waals surface area (Å²) in [7, 11) is 1.58. The Morgan fingerprint density at radius 3 is 2.49 bits per heavy atom. The molecule has 1 atom stereocenters. The molecule has 8 nitrogen and oxygen atoms in total. The molecule has 2 N–H and O–H groups in total. The monoisotopic (exact) mass is 489 g/mol. The number of carbonyl (C=O) groups is 2. The molecule has 35 heavy (non-hydrogen) atoms. The number of amides is 2. The van der Waals surface area contributed by atoms with Crippen LogP contribution in [0.1, 0.15) is 36.1 Å². The standard InChI is InChI=1S/C26H27N5O3S/c1-4-31-24(17(2)27-25(33)19-10-13-22(34-3)14-11-19)29-30-26(31)35-16-23(32)28-21-12-9-18-7-5-6-8-20(18)15-21/h5-15,17H,4,16H2,1-3H3,(H,27,33)(H,28,32)/t17-/m1/s1. The molecule has 4 aromatic rings. The van der Waals surface area contributed by atoms with E-state index in [0.717, 1.165) is 16.5 Å². The van der Waals surface area contributed by atoms with Gasteiger partial charge in [-0.15, -0.1) is 10.2 Å². The first-order chi connectivity index (χ1) is 17.0. The number of fused-ring (bicyclic) bond motifs is 1. The highest BCUT2D eigenvalue weighted by Gasteiger charge is 2.20. The van der Waals surface area contributed by atoms with Crippen molar-refractivity contribution in [3.05, 3.63) is 78.1 Å². The van der Waals surface area contributed by atoms with Crippen LogP contribution in [0.2, 0.25) is 0 Å². The first-order valence-electron chi connectivity index (χ1n) is 11.3. The van der Waals surface area contributed by atoms with Gasteiger partial charge in [0.15, 0.2) is 11.0 Å². The smallest absolute Gasteiger partial charge is 0.251 e. The van der Waals surface area contributed by atoms with Gasteiger partial charge in [0.05, 0.1) is 18.9 Å². The van der Waals surface area contributed by atoms with Crippen LogP contribution in [0.3, 0.4) is 0 Å². The van der Waals surface area contributed by atoms with Gasteiger partial charge in [0, 0.05) is 17.8 Å². The van der Waals surface area contributed by atoms with Gasteiger partial charge in [-0.2, -0.15) is 0 Å². The fourth-order valence-corrected chi connectivity index (χ4v) is 4.51. The summed E-state index contributed by atoms with van der Waals surface area (Å²) in [6, 6.07) is 20.4. The number of thioether (sulfide) groups is 1. The summed E-state index contributed by atoms with van der Waals surface area (Å²) in [5, 5.41) is 17.3. The third-order valence-corrected chi connectivity index (χ3v) is 6.48. The molecule has 2 amide bonds. The number of anilines is 1.